The highest BCUT2D eigenvalue weighted by atomic mass is 16.6. The molecule has 0 spiro atoms. The van der Waals surface area contributed by atoms with Gasteiger partial charge in [-0.05, 0) is 12.1 Å². The van der Waals surface area contributed by atoms with Crippen LogP contribution in [0.1, 0.15) is 43.9 Å². The number of carbonyl (C=O) groups excluding carboxylic acids is 3. The first-order chi connectivity index (χ1) is 8.49. The van der Waals surface area contributed by atoms with Gasteiger partial charge in [0.25, 0.3) is 0 Å². The Bertz CT molecular complexity index is 572. The number of carboxylic acids is 1. The van der Waals surface area contributed by atoms with E-state index in [4.69, 9.17) is 5.11 Å². The van der Waals surface area contributed by atoms with Gasteiger partial charge >= 0.3 is 17.9 Å². The average molecular weight is 248 g/mol. The highest BCUT2D eigenvalue weighted by Gasteiger charge is 2.30. The van der Waals surface area contributed by atoms with Crippen molar-refractivity contribution < 1.29 is 29.0 Å². The minimum absolute atomic E-state index is 0.0428. The van der Waals surface area contributed by atoms with Gasteiger partial charge in [-0.2, -0.15) is 0 Å². The third kappa shape index (κ3) is 2.13. The van der Waals surface area contributed by atoms with E-state index in [1.807, 2.05) is 0 Å². The smallest absolute Gasteiger partial charge is 0.346 e. The number of benzene rings is 1. The second kappa shape index (κ2) is 4.40. The monoisotopic (exact) mass is 248 g/mol. The molecule has 1 aliphatic heterocycles. The molecule has 0 fully saturated rings. The first-order valence-electron chi connectivity index (χ1n) is 5.14. The number of ether oxygens (including phenoxy) is 1. The summed E-state index contributed by atoms with van der Waals surface area (Å²) < 4.78 is 4.38. The van der Waals surface area contributed by atoms with E-state index in [2.05, 4.69) is 4.74 Å². The second-order valence-electron chi connectivity index (χ2n) is 3.75. The molecular formula is C12H8O6. The summed E-state index contributed by atoms with van der Waals surface area (Å²) in [5.41, 5.74) is 0.359. The lowest BCUT2D eigenvalue weighted by Crippen LogP contribution is -2.05. The molecular weight excluding hydrogens is 240 g/mol. The van der Waals surface area contributed by atoms with Gasteiger partial charge in [0.2, 0.25) is 0 Å². The number of cyclic esters (lactones) is 2. The number of esters is 2. The molecule has 6 nitrogen and oxygen atoms in total. The summed E-state index contributed by atoms with van der Waals surface area (Å²) in [5, 5.41) is 8.47. The number of fused-ring (bicyclic) bond motifs is 1. The van der Waals surface area contributed by atoms with Crippen LogP contribution < -0.4 is 0 Å². The molecule has 0 amide bonds. The SMILES string of the molecule is O=C(O)CCC(=O)c1ccc2c(c1)C(=O)OC2=O. The third-order valence-electron chi connectivity index (χ3n) is 2.53. The largest absolute Gasteiger partial charge is 0.481 e. The van der Waals surface area contributed by atoms with Crippen molar-refractivity contribution in [2.45, 2.75) is 12.8 Å². The van der Waals surface area contributed by atoms with Crippen LogP contribution in [0.25, 0.3) is 0 Å². The molecule has 0 atom stereocenters. The molecule has 1 aromatic rings. The molecule has 0 aromatic heterocycles. The number of carboxylic acid groups (broad SMARTS) is 1. The van der Waals surface area contributed by atoms with Crippen molar-refractivity contribution in [2.75, 3.05) is 0 Å². The van der Waals surface area contributed by atoms with Crippen LogP contribution in [-0.2, 0) is 9.53 Å². The Hall–Kier alpha value is -2.50. The van der Waals surface area contributed by atoms with Gasteiger partial charge in [0, 0.05) is 12.0 Å². The molecule has 0 unspecified atom stereocenters. The van der Waals surface area contributed by atoms with Crippen LogP contribution in [0.3, 0.4) is 0 Å². The van der Waals surface area contributed by atoms with E-state index in [0.29, 0.717) is 0 Å². The predicted octanol–water partition coefficient (Wildman–Crippen LogP) is 1.04. The molecule has 6 heteroatoms. The summed E-state index contributed by atoms with van der Waals surface area (Å²) >= 11 is 0. The van der Waals surface area contributed by atoms with Gasteiger partial charge in [-0.15, -0.1) is 0 Å². The van der Waals surface area contributed by atoms with Crippen molar-refractivity contribution >= 4 is 23.7 Å². The molecule has 92 valence electrons. The van der Waals surface area contributed by atoms with E-state index in [-0.39, 0.29) is 29.5 Å². The summed E-state index contributed by atoms with van der Waals surface area (Å²) in [6, 6.07) is 3.96. The Morgan fingerprint density at radius 3 is 2.39 bits per heavy atom. The van der Waals surface area contributed by atoms with Gasteiger partial charge in [-0.25, -0.2) is 9.59 Å². The molecule has 1 aliphatic rings. The molecule has 18 heavy (non-hydrogen) atoms. The molecule has 0 saturated heterocycles. The standard InChI is InChI=1S/C12H8O6/c13-9(3-4-10(14)15)6-1-2-7-8(5-6)12(17)18-11(7)16/h1-2,5H,3-4H2,(H,14,15). The molecule has 1 aromatic carbocycles. The van der Waals surface area contributed by atoms with Crippen molar-refractivity contribution in [1.29, 1.82) is 0 Å². The lowest BCUT2D eigenvalue weighted by Gasteiger charge is -2.00. The third-order valence-corrected chi connectivity index (χ3v) is 2.53. The Labute approximate surface area is 101 Å². The lowest BCUT2D eigenvalue weighted by molar-refractivity contribution is -0.136. The molecule has 0 saturated carbocycles. The van der Waals surface area contributed by atoms with Crippen molar-refractivity contribution in [2.24, 2.45) is 0 Å². The lowest BCUT2D eigenvalue weighted by atomic mass is 10.0. The molecule has 2 rings (SSSR count). The maximum atomic E-state index is 11.6. The van der Waals surface area contributed by atoms with Crippen LogP contribution in [0.2, 0.25) is 0 Å². The van der Waals surface area contributed by atoms with Crippen LogP contribution in [0, 0.1) is 0 Å². The highest BCUT2D eigenvalue weighted by molar-refractivity contribution is 6.15. The summed E-state index contributed by atoms with van der Waals surface area (Å²) in [5.74, 6) is -2.99. The first-order valence-corrected chi connectivity index (χ1v) is 5.14. The van der Waals surface area contributed by atoms with Crippen molar-refractivity contribution in [3.05, 3.63) is 34.9 Å². The Morgan fingerprint density at radius 2 is 1.72 bits per heavy atom. The van der Waals surface area contributed by atoms with Crippen molar-refractivity contribution in [1.82, 2.24) is 0 Å². The van der Waals surface area contributed by atoms with E-state index < -0.39 is 23.7 Å². The van der Waals surface area contributed by atoms with Crippen LogP contribution in [0.4, 0.5) is 0 Å². The fraction of sp³-hybridized carbons (Fsp3) is 0.167. The zero-order valence-corrected chi connectivity index (χ0v) is 9.13. The minimum Gasteiger partial charge on any atom is -0.481 e. The number of carbonyl (C=O) groups is 4. The van der Waals surface area contributed by atoms with Crippen LogP contribution >= 0.6 is 0 Å². The molecule has 0 aliphatic carbocycles. The van der Waals surface area contributed by atoms with Crippen molar-refractivity contribution in [3.8, 4) is 0 Å². The maximum Gasteiger partial charge on any atom is 0.346 e. The number of rotatable bonds is 4. The minimum atomic E-state index is -1.07. The van der Waals surface area contributed by atoms with Crippen molar-refractivity contribution in [3.63, 3.8) is 0 Å². The van der Waals surface area contributed by atoms with Gasteiger partial charge in [0.05, 0.1) is 17.5 Å². The molecule has 0 bridgehead atoms. The Kier molecular flexibility index (Phi) is 2.93. The fourth-order valence-corrected chi connectivity index (χ4v) is 1.62. The van der Waals surface area contributed by atoms with Gasteiger partial charge in [0.15, 0.2) is 5.78 Å². The summed E-state index contributed by atoms with van der Waals surface area (Å²) in [6.45, 7) is 0. The van der Waals surface area contributed by atoms with Crippen LogP contribution in [0.5, 0.6) is 0 Å². The summed E-state index contributed by atoms with van der Waals surface area (Å²) in [4.78, 5) is 44.4. The number of Topliss-reactive ketones (excluding diaryl/α,β-unsaturated/α-hetero) is 1. The van der Waals surface area contributed by atoms with Crippen LogP contribution in [0.15, 0.2) is 18.2 Å². The van der Waals surface area contributed by atoms with Gasteiger partial charge in [0.1, 0.15) is 0 Å². The van der Waals surface area contributed by atoms with E-state index in [1.54, 1.807) is 0 Å². The Morgan fingerprint density at radius 1 is 1.06 bits per heavy atom. The highest BCUT2D eigenvalue weighted by Crippen LogP contribution is 2.21. The zero-order chi connectivity index (χ0) is 13.3. The number of ketones is 1. The molecule has 1 N–H and O–H groups in total. The van der Waals surface area contributed by atoms with Gasteiger partial charge < -0.3 is 9.84 Å². The van der Waals surface area contributed by atoms with Gasteiger partial charge in [-0.1, -0.05) is 6.07 Å². The molecule has 0 radical (unpaired) electrons. The van der Waals surface area contributed by atoms with E-state index in [1.165, 1.54) is 18.2 Å². The van der Waals surface area contributed by atoms with Crippen LogP contribution in [-0.4, -0.2) is 28.8 Å². The number of hydrogen-bond donors (Lipinski definition) is 1. The van der Waals surface area contributed by atoms with E-state index >= 15 is 0 Å². The summed E-state index contributed by atoms with van der Waals surface area (Å²) in [7, 11) is 0. The average Bonchev–Trinajstić information content (AvgIpc) is 2.61. The maximum absolute atomic E-state index is 11.6. The quantitative estimate of drug-likeness (QED) is 0.485. The number of hydrogen-bond acceptors (Lipinski definition) is 5. The predicted molar refractivity (Wildman–Crippen MR) is 57.4 cm³/mol. The number of aliphatic carboxylic acids is 1. The van der Waals surface area contributed by atoms with E-state index in [9.17, 15) is 19.2 Å². The normalized spacial score (nSPS) is 13.1. The topological polar surface area (TPSA) is 97.7 Å². The fourth-order valence-electron chi connectivity index (χ4n) is 1.62. The second-order valence-corrected chi connectivity index (χ2v) is 3.75. The van der Waals surface area contributed by atoms with E-state index in [0.717, 1.165) is 0 Å². The Balaban J connectivity index is 2.24. The molecule has 1 heterocycles. The van der Waals surface area contributed by atoms with Gasteiger partial charge in [-0.3, -0.25) is 9.59 Å². The zero-order valence-electron chi connectivity index (χ0n) is 9.13. The summed E-state index contributed by atoms with van der Waals surface area (Å²) in [6.07, 6.45) is -0.434. The first kappa shape index (κ1) is 12.0.